The molecular weight excluding hydrogens is 258 g/mol. The maximum Gasteiger partial charge on any atom is 0.310 e. The fourth-order valence-corrected chi connectivity index (χ4v) is 1.57. The van der Waals surface area contributed by atoms with Crippen molar-refractivity contribution in [1.82, 2.24) is 5.32 Å². The quantitative estimate of drug-likeness (QED) is 0.577. The van der Waals surface area contributed by atoms with Gasteiger partial charge in [0, 0.05) is 13.1 Å². The maximum atomic E-state index is 11.7. The van der Waals surface area contributed by atoms with Crippen molar-refractivity contribution in [3.8, 4) is 0 Å². The van der Waals surface area contributed by atoms with Crippen molar-refractivity contribution in [2.45, 2.75) is 20.0 Å². The second kappa shape index (κ2) is 9.09. The van der Waals surface area contributed by atoms with E-state index in [9.17, 15) is 9.59 Å². The Balaban J connectivity index is 2.17. The van der Waals surface area contributed by atoms with Gasteiger partial charge in [-0.05, 0) is 5.56 Å². The van der Waals surface area contributed by atoms with Crippen molar-refractivity contribution in [3.05, 3.63) is 35.9 Å². The van der Waals surface area contributed by atoms with Crippen LogP contribution in [0.15, 0.2) is 30.3 Å². The summed E-state index contributed by atoms with van der Waals surface area (Å²) in [6.07, 6.45) is 0.294. The highest BCUT2D eigenvalue weighted by atomic mass is 16.5. The van der Waals surface area contributed by atoms with Crippen LogP contribution in [-0.4, -0.2) is 32.1 Å². The van der Waals surface area contributed by atoms with Crippen LogP contribution < -0.4 is 5.32 Å². The maximum absolute atomic E-state index is 11.7. The zero-order chi connectivity index (χ0) is 14.8. The van der Waals surface area contributed by atoms with E-state index < -0.39 is 0 Å². The topological polar surface area (TPSA) is 64.6 Å². The van der Waals surface area contributed by atoms with Crippen LogP contribution in [-0.2, 0) is 25.7 Å². The SMILES string of the molecule is COC(=O)CCNCC(C)C(=O)OCc1ccccc1. The highest BCUT2D eigenvalue weighted by molar-refractivity contribution is 5.72. The number of nitrogens with one attached hydrogen (secondary N) is 1. The molecule has 0 heterocycles. The van der Waals surface area contributed by atoms with Crippen molar-refractivity contribution >= 4 is 11.9 Å². The molecule has 0 saturated heterocycles. The third kappa shape index (κ3) is 6.33. The van der Waals surface area contributed by atoms with Crippen LogP contribution in [0.5, 0.6) is 0 Å². The molecule has 0 aliphatic rings. The Morgan fingerprint density at radius 3 is 2.60 bits per heavy atom. The molecule has 0 bridgehead atoms. The van der Waals surface area contributed by atoms with Gasteiger partial charge in [0.1, 0.15) is 6.61 Å². The molecule has 5 heteroatoms. The predicted octanol–water partition coefficient (Wildman–Crippen LogP) is 1.52. The molecule has 0 aliphatic heterocycles. The molecule has 0 saturated carbocycles. The lowest BCUT2D eigenvalue weighted by Crippen LogP contribution is -2.29. The van der Waals surface area contributed by atoms with Gasteiger partial charge in [0.05, 0.1) is 19.4 Å². The number of hydrogen-bond donors (Lipinski definition) is 1. The van der Waals surface area contributed by atoms with E-state index in [0.29, 0.717) is 19.5 Å². The molecule has 0 spiro atoms. The van der Waals surface area contributed by atoms with Crippen LogP contribution in [0.4, 0.5) is 0 Å². The van der Waals surface area contributed by atoms with Crippen LogP contribution in [0.2, 0.25) is 0 Å². The number of benzene rings is 1. The summed E-state index contributed by atoms with van der Waals surface area (Å²) in [5.41, 5.74) is 0.965. The first-order chi connectivity index (χ1) is 9.63. The van der Waals surface area contributed by atoms with Gasteiger partial charge in [-0.1, -0.05) is 37.3 Å². The number of ether oxygens (including phenoxy) is 2. The summed E-state index contributed by atoms with van der Waals surface area (Å²) >= 11 is 0. The molecule has 0 aliphatic carbocycles. The van der Waals surface area contributed by atoms with E-state index in [1.807, 2.05) is 30.3 Å². The van der Waals surface area contributed by atoms with Gasteiger partial charge < -0.3 is 14.8 Å². The zero-order valence-corrected chi connectivity index (χ0v) is 11.9. The second-order valence-corrected chi connectivity index (χ2v) is 4.52. The van der Waals surface area contributed by atoms with Gasteiger partial charge in [0.25, 0.3) is 0 Å². The van der Waals surface area contributed by atoms with Crippen molar-refractivity contribution in [1.29, 1.82) is 0 Å². The third-order valence-electron chi connectivity index (χ3n) is 2.81. The summed E-state index contributed by atoms with van der Waals surface area (Å²) in [5, 5.41) is 3.03. The van der Waals surface area contributed by atoms with E-state index in [-0.39, 0.29) is 24.5 Å². The normalized spacial score (nSPS) is 11.7. The number of hydrogen-bond acceptors (Lipinski definition) is 5. The standard InChI is InChI=1S/C15H21NO4/c1-12(10-16-9-8-14(17)19-2)15(18)20-11-13-6-4-3-5-7-13/h3-7,12,16H,8-11H2,1-2H3. The van der Waals surface area contributed by atoms with Crippen LogP contribution in [0.25, 0.3) is 0 Å². The molecule has 20 heavy (non-hydrogen) atoms. The van der Waals surface area contributed by atoms with E-state index in [1.54, 1.807) is 6.92 Å². The molecule has 0 aromatic heterocycles. The fraction of sp³-hybridized carbons (Fsp3) is 0.467. The van der Waals surface area contributed by atoms with E-state index in [2.05, 4.69) is 10.1 Å². The average Bonchev–Trinajstić information content (AvgIpc) is 2.49. The van der Waals surface area contributed by atoms with Crippen LogP contribution in [0, 0.1) is 5.92 Å². The summed E-state index contributed by atoms with van der Waals surface area (Å²) in [7, 11) is 1.35. The zero-order valence-electron chi connectivity index (χ0n) is 11.9. The smallest absolute Gasteiger partial charge is 0.310 e. The van der Waals surface area contributed by atoms with E-state index in [1.165, 1.54) is 7.11 Å². The number of esters is 2. The highest BCUT2D eigenvalue weighted by Gasteiger charge is 2.14. The number of rotatable bonds is 8. The van der Waals surface area contributed by atoms with Gasteiger partial charge in [0.2, 0.25) is 0 Å². The Bertz CT molecular complexity index is 419. The van der Waals surface area contributed by atoms with E-state index in [0.717, 1.165) is 5.56 Å². The lowest BCUT2D eigenvalue weighted by atomic mass is 10.2. The minimum Gasteiger partial charge on any atom is -0.469 e. The molecule has 1 atom stereocenters. The second-order valence-electron chi connectivity index (χ2n) is 4.52. The molecule has 0 fully saturated rings. The molecule has 1 rings (SSSR count). The first kappa shape index (κ1) is 16.2. The minimum atomic E-state index is -0.267. The van der Waals surface area contributed by atoms with Crippen LogP contribution >= 0.6 is 0 Å². The first-order valence-electron chi connectivity index (χ1n) is 6.61. The van der Waals surface area contributed by atoms with Crippen molar-refractivity contribution in [3.63, 3.8) is 0 Å². The molecular formula is C15H21NO4. The summed E-state index contributed by atoms with van der Waals surface area (Å²) in [4.78, 5) is 22.6. The number of methoxy groups -OCH3 is 1. The number of carbonyl (C=O) groups excluding carboxylic acids is 2. The molecule has 1 unspecified atom stereocenters. The molecule has 1 aromatic carbocycles. The summed E-state index contributed by atoms with van der Waals surface area (Å²) in [5.74, 6) is -0.771. The van der Waals surface area contributed by atoms with E-state index >= 15 is 0 Å². The summed E-state index contributed by atoms with van der Waals surface area (Å²) in [6.45, 7) is 3.04. The monoisotopic (exact) mass is 279 g/mol. The van der Waals surface area contributed by atoms with Crippen LogP contribution in [0.3, 0.4) is 0 Å². The predicted molar refractivity (Wildman–Crippen MR) is 74.9 cm³/mol. The Morgan fingerprint density at radius 2 is 1.95 bits per heavy atom. The Kier molecular flexibility index (Phi) is 7.35. The van der Waals surface area contributed by atoms with Crippen molar-refractivity contribution < 1.29 is 19.1 Å². The Morgan fingerprint density at radius 1 is 1.25 bits per heavy atom. The lowest BCUT2D eigenvalue weighted by molar-refractivity contribution is -0.149. The van der Waals surface area contributed by atoms with Gasteiger partial charge in [-0.25, -0.2) is 0 Å². The van der Waals surface area contributed by atoms with E-state index in [4.69, 9.17) is 4.74 Å². The molecule has 0 radical (unpaired) electrons. The Labute approximate surface area is 119 Å². The molecule has 5 nitrogen and oxygen atoms in total. The number of carbonyl (C=O) groups is 2. The fourth-order valence-electron chi connectivity index (χ4n) is 1.57. The molecule has 1 N–H and O–H groups in total. The highest BCUT2D eigenvalue weighted by Crippen LogP contribution is 2.04. The van der Waals surface area contributed by atoms with Crippen molar-refractivity contribution in [2.75, 3.05) is 20.2 Å². The molecule has 0 amide bonds. The van der Waals surface area contributed by atoms with Crippen molar-refractivity contribution in [2.24, 2.45) is 5.92 Å². The lowest BCUT2D eigenvalue weighted by Gasteiger charge is -2.12. The van der Waals surface area contributed by atoms with Crippen LogP contribution in [0.1, 0.15) is 18.9 Å². The molecule has 1 aromatic rings. The third-order valence-corrected chi connectivity index (χ3v) is 2.81. The largest absolute Gasteiger partial charge is 0.469 e. The first-order valence-corrected chi connectivity index (χ1v) is 6.61. The van der Waals surface area contributed by atoms with Gasteiger partial charge in [0.15, 0.2) is 0 Å². The minimum absolute atomic E-state index is 0.251. The summed E-state index contributed by atoms with van der Waals surface area (Å²) < 4.78 is 9.74. The molecule has 110 valence electrons. The Hall–Kier alpha value is -1.88. The van der Waals surface area contributed by atoms with Gasteiger partial charge in [-0.2, -0.15) is 0 Å². The van der Waals surface area contributed by atoms with Gasteiger partial charge >= 0.3 is 11.9 Å². The van der Waals surface area contributed by atoms with Gasteiger partial charge in [-0.3, -0.25) is 9.59 Å². The summed E-state index contributed by atoms with van der Waals surface area (Å²) in [6, 6.07) is 9.54. The van der Waals surface area contributed by atoms with Gasteiger partial charge in [-0.15, -0.1) is 0 Å². The average molecular weight is 279 g/mol.